The summed E-state index contributed by atoms with van der Waals surface area (Å²) in [5.74, 6) is -0.262. The maximum Gasteiger partial charge on any atom is 0.252 e. The molecule has 1 amide bonds. The van der Waals surface area contributed by atoms with E-state index in [1.807, 2.05) is 61.5 Å². The van der Waals surface area contributed by atoms with Gasteiger partial charge in [-0.1, -0.05) is 59.6 Å². The van der Waals surface area contributed by atoms with Gasteiger partial charge >= 0.3 is 0 Å². The van der Waals surface area contributed by atoms with Gasteiger partial charge in [-0.3, -0.25) is 9.59 Å². The molecule has 1 N–H and O–H groups in total. The number of benzene rings is 2. The lowest BCUT2D eigenvalue weighted by Gasteiger charge is -2.26. The average molecular weight is 444 g/mol. The highest BCUT2D eigenvalue weighted by Crippen LogP contribution is 2.25. The molecular formula is C23H23Cl2N3O2. The summed E-state index contributed by atoms with van der Waals surface area (Å²) in [5.41, 5.74) is 1.95. The first kappa shape index (κ1) is 22.1. The van der Waals surface area contributed by atoms with Gasteiger partial charge in [-0.2, -0.15) is 0 Å². The van der Waals surface area contributed by atoms with Crippen LogP contribution in [0.15, 0.2) is 71.7 Å². The van der Waals surface area contributed by atoms with Crippen molar-refractivity contribution < 1.29 is 4.79 Å². The minimum Gasteiger partial charge on any atom is -0.350 e. The Balaban J connectivity index is 1.76. The fourth-order valence-electron chi connectivity index (χ4n) is 3.21. The van der Waals surface area contributed by atoms with Crippen molar-refractivity contribution in [3.8, 4) is 0 Å². The molecule has 0 bridgehead atoms. The molecule has 0 saturated carbocycles. The number of hydrogen-bond acceptors (Lipinski definition) is 3. The summed E-state index contributed by atoms with van der Waals surface area (Å²) in [4.78, 5) is 27.0. The number of likely N-dealkylation sites (N-methyl/N-ethyl adjacent to an activating group) is 1. The topological polar surface area (TPSA) is 54.3 Å². The lowest BCUT2D eigenvalue weighted by molar-refractivity contribution is 0.0941. The Morgan fingerprint density at radius 1 is 1.00 bits per heavy atom. The Bertz CT molecular complexity index is 1100. The highest BCUT2D eigenvalue weighted by molar-refractivity contribution is 6.31. The average Bonchev–Trinajstić information content (AvgIpc) is 2.72. The van der Waals surface area contributed by atoms with Gasteiger partial charge in [-0.05, 0) is 43.4 Å². The Hall–Kier alpha value is -2.60. The first-order valence-corrected chi connectivity index (χ1v) is 10.3. The van der Waals surface area contributed by atoms with Gasteiger partial charge in [0.2, 0.25) is 0 Å². The third kappa shape index (κ3) is 5.30. The van der Waals surface area contributed by atoms with Crippen LogP contribution in [0.25, 0.3) is 0 Å². The van der Waals surface area contributed by atoms with Crippen LogP contribution in [0, 0.1) is 0 Å². The first-order chi connectivity index (χ1) is 14.4. The van der Waals surface area contributed by atoms with Crippen molar-refractivity contribution in [2.45, 2.75) is 12.6 Å². The number of carbonyl (C=O) groups excluding carboxylic acids is 1. The summed E-state index contributed by atoms with van der Waals surface area (Å²) in [5, 5.41) is 4.18. The van der Waals surface area contributed by atoms with Crippen LogP contribution in [0.5, 0.6) is 0 Å². The van der Waals surface area contributed by atoms with Crippen molar-refractivity contribution in [2.24, 2.45) is 0 Å². The van der Waals surface area contributed by atoms with E-state index in [0.717, 1.165) is 11.1 Å². The molecule has 1 heterocycles. The molecule has 0 aliphatic carbocycles. The molecule has 0 radical (unpaired) electrons. The van der Waals surface area contributed by atoms with E-state index in [4.69, 9.17) is 23.2 Å². The molecule has 7 heteroatoms. The SMILES string of the molecule is CN(C)[C@@H](CNC(=O)c1ccc(=O)n(Cc2ccccc2Cl)c1)c1ccccc1Cl. The van der Waals surface area contributed by atoms with Crippen molar-refractivity contribution in [3.05, 3.63) is 104 Å². The van der Waals surface area contributed by atoms with Crippen LogP contribution in [0.2, 0.25) is 10.0 Å². The van der Waals surface area contributed by atoms with Gasteiger partial charge in [-0.25, -0.2) is 0 Å². The zero-order chi connectivity index (χ0) is 21.7. The maximum atomic E-state index is 12.8. The van der Waals surface area contributed by atoms with Crippen LogP contribution in [0.3, 0.4) is 0 Å². The van der Waals surface area contributed by atoms with Crippen molar-refractivity contribution in [2.75, 3.05) is 20.6 Å². The minimum absolute atomic E-state index is 0.0864. The standard InChI is InChI=1S/C23H23Cl2N3O2/c1-27(2)21(18-8-4-6-10-20(18)25)13-26-23(30)17-11-12-22(29)28(15-17)14-16-7-3-5-9-19(16)24/h3-12,15,21H,13-14H2,1-2H3,(H,26,30)/t21-/m0/s1. The van der Waals surface area contributed by atoms with E-state index in [2.05, 4.69) is 5.32 Å². The van der Waals surface area contributed by atoms with Gasteiger partial charge in [0.1, 0.15) is 0 Å². The molecule has 3 rings (SSSR count). The van der Waals surface area contributed by atoms with Crippen LogP contribution < -0.4 is 10.9 Å². The minimum atomic E-state index is -0.262. The predicted molar refractivity (Wildman–Crippen MR) is 121 cm³/mol. The monoisotopic (exact) mass is 443 g/mol. The molecule has 156 valence electrons. The number of rotatable bonds is 7. The lowest BCUT2D eigenvalue weighted by Crippen LogP contribution is -2.35. The third-order valence-electron chi connectivity index (χ3n) is 4.89. The predicted octanol–water partition coefficient (Wildman–Crippen LogP) is 4.24. The number of aromatic nitrogens is 1. The highest BCUT2D eigenvalue weighted by Gasteiger charge is 2.18. The van der Waals surface area contributed by atoms with Gasteiger partial charge < -0.3 is 14.8 Å². The normalized spacial score (nSPS) is 12.0. The number of halogens is 2. The van der Waals surface area contributed by atoms with Crippen molar-refractivity contribution in [3.63, 3.8) is 0 Å². The molecule has 2 aromatic carbocycles. The van der Waals surface area contributed by atoms with Gasteiger partial charge in [0.15, 0.2) is 0 Å². The van der Waals surface area contributed by atoms with Crippen molar-refractivity contribution in [1.82, 2.24) is 14.8 Å². The second-order valence-corrected chi connectivity index (χ2v) is 8.00. The number of nitrogens with one attached hydrogen (secondary N) is 1. The summed E-state index contributed by atoms with van der Waals surface area (Å²) in [6, 6.07) is 17.7. The summed E-state index contributed by atoms with van der Waals surface area (Å²) in [7, 11) is 3.87. The molecule has 30 heavy (non-hydrogen) atoms. The summed E-state index contributed by atoms with van der Waals surface area (Å²) >= 11 is 12.5. The molecule has 0 spiro atoms. The Labute approximate surface area is 185 Å². The molecule has 1 atom stereocenters. The fourth-order valence-corrected chi connectivity index (χ4v) is 3.66. The molecular weight excluding hydrogens is 421 g/mol. The number of hydrogen-bond donors (Lipinski definition) is 1. The van der Waals surface area contributed by atoms with Gasteiger partial charge in [-0.15, -0.1) is 0 Å². The van der Waals surface area contributed by atoms with Crippen LogP contribution in [-0.2, 0) is 6.54 Å². The van der Waals surface area contributed by atoms with Gasteiger partial charge in [0.25, 0.3) is 11.5 Å². The van der Waals surface area contributed by atoms with E-state index < -0.39 is 0 Å². The molecule has 0 fully saturated rings. The zero-order valence-electron chi connectivity index (χ0n) is 16.8. The van der Waals surface area contributed by atoms with Gasteiger partial charge in [0, 0.05) is 28.9 Å². The van der Waals surface area contributed by atoms with Crippen molar-refractivity contribution >= 4 is 29.1 Å². The first-order valence-electron chi connectivity index (χ1n) is 9.49. The van der Waals surface area contributed by atoms with Crippen LogP contribution >= 0.6 is 23.2 Å². The Kier molecular flexibility index (Phi) is 7.32. The molecule has 0 aliphatic heterocycles. The highest BCUT2D eigenvalue weighted by atomic mass is 35.5. The summed E-state index contributed by atoms with van der Waals surface area (Å²) in [6.07, 6.45) is 1.56. The lowest BCUT2D eigenvalue weighted by atomic mass is 10.1. The fraction of sp³-hybridized carbons (Fsp3) is 0.217. The molecule has 0 unspecified atom stereocenters. The molecule has 0 aliphatic rings. The van der Waals surface area contributed by atoms with Crippen LogP contribution in [0.4, 0.5) is 0 Å². The Morgan fingerprint density at radius 2 is 1.67 bits per heavy atom. The van der Waals surface area contributed by atoms with Gasteiger partial charge in [0.05, 0.1) is 18.2 Å². The third-order valence-corrected chi connectivity index (χ3v) is 5.60. The zero-order valence-corrected chi connectivity index (χ0v) is 18.3. The number of carbonyl (C=O) groups is 1. The number of amides is 1. The van der Waals surface area contributed by atoms with Crippen molar-refractivity contribution in [1.29, 1.82) is 0 Å². The van der Waals surface area contributed by atoms with Crippen LogP contribution in [0.1, 0.15) is 27.5 Å². The molecule has 3 aromatic rings. The van der Waals surface area contributed by atoms with E-state index in [1.165, 1.54) is 16.7 Å². The van der Waals surface area contributed by atoms with E-state index in [-0.39, 0.29) is 17.5 Å². The smallest absolute Gasteiger partial charge is 0.252 e. The van der Waals surface area contributed by atoms with Crippen LogP contribution in [-0.4, -0.2) is 36.0 Å². The number of pyridine rings is 1. The largest absolute Gasteiger partial charge is 0.350 e. The summed E-state index contributed by atoms with van der Waals surface area (Å²) < 4.78 is 1.48. The van der Waals surface area contributed by atoms with E-state index in [1.54, 1.807) is 12.3 Å². The molecule has 5 nitrogen and oxygen atoms in total. The molecule has 1 aromatic heterocycles. The number of nitrogens with zero attached hydrogens (tertiary/aromatic N) is 2. The maximum absolute atomic E-state index is 12.8. The second kappa shape index (κ2) is 9.94. The van der Waals surface area contributed by atoms with E-state index in [0.29, 0.717) is 28.7 Å². The quantitative estimate of drug-likeness (QED) is 0.593. The second-order valence-electron chi connectivity index (χ2n) is 7.19. The van der Waals surface area contributed by atoms with E-state index in [9.17, 15) is 9.59 Å². The molecule has 0 saturated heterocycles. The van der Waals surface area contributed by atoms with E-state index >= 15 is 0 Å². The summed E-state index contributed by atoms with van der Waals surface area (Å²) in [6.45, 7) is 0.665. The Morgan fingerprint density at radius 3 is 2.33 bits per heavy atom.